The van der Waals surface area contributed by atoms with Crippen molar-refractivity contribution in [1.29, 1.82) is 0 Å². The topological polar surface area (TPSA) is 59.3 Å². The summed E-state index contributed by atoms with van der Waals surface area (Å²) in [5.41, 5.74) is 2.54. The first-order valence-electron chi connectivity index (χ1n) is 7.04. The van der Waals surface area contributed by atoms with Gasteiger partial charge in [0.1, 0.15) is 5.78 Å². The van der Waals surface area contributed by atoms with E-state index in [0.717, 1.165) is 12.0 Å². The van der Waals surface area contributed by atoms with Crippen LogP contribution < -0.4 is 0 Å². The molecule has 1 heterocycles. The molecule has 1 N–H and O–H groups in total. The third kappa shape index (κ3) is 2.75. The average Bonchev–Trinajstić information content (AvgIpc) is 3.13. The Labute approximate surface area is 123 Å². The SMILES string of the molecule is CC(=O)C1CC1c1cccn1Cc1ccc(C(=O)O)cc1. The molecule has 2 unspecified atom stereocenters. The molecule has 0 aliphatic heterocycles. The molecule has 0 saturated heterocycles. The highest BCUT2D eigenvalue weighted by atomic mass is 16.4. The molecular formula is C17H17NO3. The lowest BCUT2D eigenvalue weighted by Crippen LogP contribution is -2.05. The molecule has 0 radical (unpaired) electrons. The summed E-state index contributed by atoms with van der Waals surface area (Å²) in [5.74, 6) is -0.132. The van der Waals surface area contributed by atoms with Gasteiger partial charge in [-0.1, -0.05) is 12.1 Å². The van der Waals surface area contributed by atoms with Crippen LogP contribution in [0.3, 0.4) is 0 Å². The molecule has 0 bridgehead atoms. The van der Waals surface area contributed by atoms with Gasteiger partial charge in [0.05, 0.1) is 5.56 Å². The summed E-state index contributed by atoms with van der Waals surface area (Å²) in [5, 5.41) is 8.90. The standard InChI is InChI=1S/C17H17NO3/c1-11(19)14-9-15(14)16-3-2-8-18(16)10-12-4-6-13(7-5-12)17(20)21/h2-8,14-15H,9-10H2,1H3,(H,20,21). The summed E-state index contributed by atoms with van der Waals surface area (Å²) in [4.78, 5) is 22.3. The van der Waals surface area contributed by atoms with Crippen LogP contribution in [-0.4, -0.2) is 21.4 Å². The number of ketones is 1. The van der Waals surface area contributed by atoms with Crippen molar-refractivity contribution in [3.63, 3.8) is 0 Å². The number of nitrogens with zero attached hydrogens (tertiary/aromatic N) is 1. The smallest absolute Gasteiger partial charge is 0.335 e. The van der Waals surface area contributed by atoms with E-state index in [4.69, 9.17) is 5.11 Å². The van der Waals surface area contributed by atoms with E-state index < -0.39 is 5.97 Å². The number of hydrogen-bond acceptors (Lipinski definition) is 2. The first kappa shape index (κ1) is 13.6. The molecule has 21 heavy (non-hydrogen) atoms. The molecule has 3 rings (SSSR count). The van der Waals surface area contributed by atoms with Crippen LogP contribution in [0.4, 0.5) is 0 Å². The lowest BCUT2D eigenvalue weighted by atomic mass is 10.1. The number of hydrogen-bond donors (Lipinski definition) is 1. The minimum Gasteiger partial charge on any atom is -0.478 e. The molecule has 1 aromatic carbocycles. The van der Waals surface area contributed by atoms with Crippen molar-refractivity contribution in [2.45, 2.75) is 25.8 Å². The van der Waals surface area contributed by atoms with Crippen molar-refractivity contribution in [3.8, 4) is 0 Å². The number of rotatable bonds is 5. The highest BCUT2D eigenvalue weighted by Crippen LogP contribution is 2.48. The molecule has 2 aromatic rings. The normalized spacial score (nSPS) is 20.2. The fraction of sp³-hybridized carbons (Fsp3) is 0.294. The molecule has 108 valence electrons. The van der Waals surface area contributed by atoms with E-state index in [9.17, 15) is 9.59 Å². The highest BCUT2D eigenvalue weighted by molar-refractivity contribution is 5.87. The summed E-state index contributed by atoms with van der Waals surface area (Å²) in [7, 11) is 0. The van der Waals surface area contributed by atoms with E-state index in [1.54, 1.807) is 19.1 Å². The Bertz CT molecular complexity index is 684. The molecule has 0 amide bonds. The van der Waals surface area contributed by atoms with Crippen molar-refractivity contribution >= 4 is 11.8 Å². The van der Waals surface area contributed by atoms with E-state index in [0.29, 0.717) is 18.0 Å². The molecular weight excluding hydrogens is 266 g/mol. The summed E-state index contributed by atoms with van der Waals surface area (Å²) < 4.78 is 2.14. The summed E-state index contributed by atoms with van der Waals surface area (Å²) in [6.45, 7) is 2.35. The van der Waals surface area contributed by atoms with Gasteiger partial charge in [0.25, 0.3) is 0 Å². The number of carbonyl (C=O) groups is 2. The third-order valence-electron chi connectivity index (χ3n) is 4.11. The predicted molar refractivity (Wildman–Crippen MR) is 78.5 cm³/mol. The first-order chi connectivity index (χ1) is 10.1. The maximum Gasteiger partial charge on any atom is 0.335 e. The zero-order valence-corrected chi connectivity index (χ0v) is 11.8. The van der Waals surface area contributed by atoms with E-state index in [1.807, 2.05) is 24.4 Å². The van der Waals surface area contributed by atoms with E-state index in [2.05, 4.69) is 10.6 Å². The molecule has 1 aromatic heterocycles. The number of aromatic carboxylic acids is 1. The Balaban J connectivity index is 1.76. The molecule has 1 aliphatic rings. The maximum atomic E-state index is 11.4. The van der Waals surface area contributed by atoms with Crippen LogP contribution in [0.2, 0.25) is 0 Å². The summed E-state index contributed by atoms with van der Waals surface area (Å²) in [6.07, 6.45) is 2.95. The number of Topliss-reactive ketones (excluding diaryl/α,β-unsaturated/α-hetero) is 1. The van der Waals surface area contributed by atoms with Crippen molar-refractivity contribution in [2.75, 3.05) is 0 Å². The summed E-state index contributed by atoms with van der Waals surface area (Å²) in [6, 6.07) is 11.0. The molecule has 4 heteroatoms. The molecule has 4 nitrogen and oxygen atoms in total. The van der Waals surface area contributed by atoms with Crippen LogP contribution >= 0.6 is 0 Å². The second kappa shape index (κ2) is 5.20. The van der Waals surface area contributed by atoms with Crippen molar-refractivity contribution < 1.29 is 14.7 Å². The van der Waals surface area contributed by atoms with E-state index in [-0.39, 0.29) is 11.7 Å². The predicted octanol–water partition coefficient (Wildman–Crippen LogP) is 2.93. The minimum atomic E-state index is -0.912. The number of benzene rings is 1. The largest absolute Gasteiger partial charge is 0.478 e. The number of aromatic nitrogens is 1. The molecule has 0 spiro atoms. The number of carbonyl (C=O) groups excluding carboxylic acids is 1. The Morgan fingerprint density at radius 2 is 1.95 bits per heavy atom. The van der Waals surface area contributed by atoms with Gasteiger partial charge in [-0.15, -0.1) is 0 Å². The molecule has 2 atom stereocenters. The van der Waals surface area contributed by atoms with Crippen LogP contribution in [0.5, 0.6) is 0 Å². The minimum absolute atomic E-state index is 0.174. The lowest BCUT2D eigenvalue weighted by Gasteiger charge is -2.09. The molecule has 1 aliphatic carbocycles. The van der Waals surface area contributed by atoms with Crippen molar-refractivity contribution in [1.82, 2.24) is 4.57 Å². The number of carboxylic acid groups (broad SMARTS) is 1. The second-order valence-corrected chi connectivity index (χ2v) is 5.62. The van der Waals surface area contributed by atoms with Gasteiger partial charge in [-0.3, -0.25) is 4.79 Å². The Hall–Kier alpha value is -2.36. The second-order valence-electron chi connectivity index (χ2n) is 5.62. The Kier molecular flexibility index (Phi) is 3.37. The van der Waals surface area contributed by atoms with Gasteiger partial charge in [0, 0.05) is 30.3 Å². The van der Waals surface area contributed by atoms with Gasteiger partial charge in [0.15, 0.2) is 0 Å². The fourth-order valence-corrected chi connectivity index (χ4v) is 2.83. The monoisotopic (exact) mass is 283 g/mol. The van der Waals surface area contributed by atoms with Gasteiger partial charge < -0.3 is 9.67 Å². The van der Waals surface area contributed by atoms with Gasteiger partial charge in [-0.2, -0.15) is 0 Å². The zero-order valence-electron chi connectivity index (χ0n) is 11.8. The molecule has 1 saturated carbocycles. The number of carboxylic acids is 1. The van der Waals surface area contributed by atoms with Crippen LogP contribution in [0.1, 0.15) is 40.9 Å². The van der Waals surface area contributed by atoms with Crippen LogP contribution in [0, 0.1) is 5.92 Å². The van der Waals surface area contributed by atoms with E-state index in [1.165, 1.54) is 5.69 Å². The lowest BCUT2D eigenvalue weighted by molar-refractivity contribution is -0.118. The average molecular weight is 283 g/mol. The van der Waals surface area contributed by atoms with E-state index >= 15 is 0 Å². The van der Waals surface area contributed by atoms with Gasteiger partial charge in [-0.05, 0) is 43.2 Å². The highest BCUT2D eigenvalue weighted by Gasteiger charge is 2.43. The Morgan fingerprint density at radius 3 is 2.52 bits per heavy atom. The third-order valence-corrected chi connectivity index (χ3v) is 4.11. The van der Waals surface area contributed by atoms with Gasteiger partial charge in [0.2, 0.25) is 0 Å². The first-order valence-corrected chi connectivity index (χ1v) is 7.04. The quantitative estimate of drug-likeness (QED) is 0.917. The molecule has 1 fully saturated rings. The van der Waals surface area contributed by atoms with Crippen LogP contribution in [-0.2, 0) is 11.3 Å². The van der Waals surface area contributed by atoms with Gasteiger partial charge >= 0.3 is 5.97 Å². The summed E-state index contributed by atoms with van der Waals surface area (Å²) >= 11 is 0. The Morgan fingerprint density at radius 1 is 1.24 bits per heavy atom. The maximum absolute atomic E-state index is 11.4. The van der Waals surface area contributed by atoms with Crippen molar-refractivity contribution in [2.24, 2.45) is 5.92 Å². The van der Waals surface area contributed by atoms with Crippen LogP contribution in [0.15, 0.2) is 42.6 Å². The van der Waals surface area contributed by atoms with Gasteiger partial charge in [-0.25, -0.2) is 4.79 Å². The van der Waals surface area contributed by atoms with Crippen molar-refractivity contribution in [3.05, 3.63) is 59.4 Å². The van der Waals surface area contributed by atoms with Crippen LogP contribution in [0.25, 0.3) is 0 Å². The fourth-order valence-electron chi connectivity index (χ4n) is 2.83. The zero-order chi connectivity index (χ0) is 15.0.